The molecule has 0 saturated carbocycles. The molecule has 0 aliphatic carbocycles. The molecule has 0 fully saturated rings. The zero-order valence-corrected chi connectivity index (χ0v) is 12.0. The molecule has 0 saturated heterocycles. The number of rotatable bonds is 2. The topological polar surface area (TPSA) is 32.7 Å². The Morgan fingerprint density at radius 2 is 1.59 bits per heavy atom. The number of carbonyl (C=O) groups excluding carboxylic acids is 1. The molecule has 2 aromatic carbocycles. The summed E-state index contributed by atoms with van der Waals surface area (Å²) >= 11 is 0. The lowest BCUT2D eigenvalue weighted by Crippen LogP contribution is -2.24. The number of halogens is 2. The summed E-state index contributed by atoms with van der Waals surface area (Å²) < 4.78 is 26.1. The molecular formula is C17H14F2N2O. The van der Waals surface area contributed by atoms with E-state index in [-0.39, 0.29) is 23.6 Å². The highest BCUT2D eigenvalue weighted by molar-refractivity contribution is 6.03. The Labute approximate surface area is 126 Å². The Morgan fingerprint density at radius 3 is 2.14 bits per heavy atom. The van der Waals surface area contributed by atoms with Crippen LogP contribution in [0.15, 0.2) is 53.6 Å². The van der Waals surface area contributed by atoms with E-state index in [0.717, 1.165) is 11.1 Å². The summed E-state index contributed by atoms with van der Waals surface area (Å²) in [6.45, 7) is 1.44. The summed E-state index contributed by atoms with van der Waals surface area (Å²) in [7, 11) is 0. The van der Waals surface area contributed by atoms with Crippen molar-refractivity contribution < 1.29 is 13.6 Å². The fourth-order valence-electron chi connectivity index (χ4n) is 2.56. The van der Waals surface area contributed by atoms with E-state index in [2.05, 4.69) is 5.10 Å². The molecule has 0 spiro atoms. The maximum Gasteiger partial charge on any atom is 0.240 e. The smallest absolute Gasteiger partial charge is 0.240 e. The SMILES string of the molecule is CC(=O)N1N=C(c2ccc(F)cc2)CC1c1ccc(F)cc1. The lowest BCUT2D eigenvalue weighted by atomic mass is 9.98. The first-order valence-electron chi connectivity index (χ1n) is 6.93. The zero-order valence-electron chi connectivity index (χ0n) is 12.0. The minimum Gasteiger partial charge on any atom is -0.273 e. The van der Waals surface area contributed by atoms with Crippen LogP contribution in [0.5, 0.6) is 0 Å². The Balaban J connectivity index is 1.92. The van der Waals surface area contributed by atoms with Crippen LogP contribution in [0.1, 0.15) is 30.5 Å². The Hall–Kier alpha value is -2.56. The van der Waals surface area contributed by atoms with E-state index < -0.39 is 0 Å². The molecule has 22 heavy (non-hydrogen) atoms. The summed E-state index contributed by atoms with van der Waals surface area (Å²) in [5.41, 5.74) is 2.30. The fraction of sp³-hybridized carbons (Fsp3) is 0.176. The highest BCUT2D eigenvalue weighted by Crippen LogP contribution is 2.32. The molecule has 3 rings (SSSR count). The van der Waals surface area contributed by atoms with Gasteiger partial charge in [0.25, 0.3) is 0 Å². The summed E-state index contributed by atoms with van der Waals surface area (Å²) in [5, 5.41) is 5.75. The number of carbonyl (C=O) groups is 1. The third-order valence-corrected chi connectivity index (χ3v) is 3.67. The summed E-state index contributed by atoms with van der Waals surface area (Å²) in [6.07, 6.45) is 0.511. The van der Waals surface area contributed by atoms with Crippen molar-refractivity contribution in [3.8, 4) is 0 Å². The van der Waals surface area contributed by atoms with E-state index in [1.54, 1.807) is 24.3 Å². The van der Waals surface area contributed by atoms with Crippen LogP contribution in [0.3, 0.4) is 0 Å². The van der Waals surface area contributed by atoms with Gasteiger partial charge in [0.15, 0.2) is 0 Å². The first-order chi connectivity index (χ1) is 10.5. The van der Waals surface area contributed by atoms with Gasteiger partial charge in [0, 0.05) is 13.3 Å². The number of amides is 1. The van der Waals surface area contributed by atoms with Crippen LogP contribution in [0.25, 0.3) is 0 Å². The van der Waals surface area contributed by atoms with Gasteiger partial charge in [0.1, 0.15) is 11.6 Å². The lowest BCUT2D eigenvalue weighted by molar-refractivity contribution is -0.130. The number of hydrazone groups is 1. The van der Waals surface area contributed by atoms with Crippen LogP contribution in [0.4, 0.5) is 8.78 Å². The van der Waals surface area contributed by atoms with Crippen molar-refractivity contribution in [3.63, 3.8) is 0 Å². The fourth-order valence-corrected chi connectivity index (χ4v) is 2.56. The van der Waals surface area contributed by atoms with Crippen LogP contribution in [0, 0.1) is 11.6 Å². The van der Waals surface area contributed by atoms with Gasteiger partial charge in [-0.25, -0.2) is 13.8 Å². The Morgan fingerprint density at radius 1 is 1.05 bits per heavy atom. The molecule has 3 nitrogen and oxygen atoms in total. The average Bonchev–Trinajstić information content (AvgIpc) is 2.94. The van der Waals surface area contributed by atoms with E-state index in [4.69, 9.17) is 0 Å². The molecule has 0 aromatic heterocycles. The van der Waals surface area contributed by atoms with Crippen molar-refractivity contribution >= 4 is 11.6 Å². The third kappa shape index (κ3) is 2.74. The molecule has 5 heteroatoms. The van der Waals surface area contributed by atoms with E-state index in [1.165, 1.54) is 36.2 Å². The molecule has 1 aliphatic rings. The molecule has 1 aliphatic heterocycles. The van der Waals surface area contributed by atoms with Crippen molar-refractivity contribution in [3.05, 3.63) is 71.3 Å². The molecule has 0 radical (unpaired) electrons. The second kappa shape index (κ2) is 5.67. The molecule has 0 N–H and O–H groups in total. The largest absolute Gasteiger partial charge is 0.273 e. The molecular weight excluding hydrogens is 286 g/mol. The van der Waals surface area contributed by atoms with Crippen molar-refractivity contribution in [2.75, 3.05) is 0 Å². The lowest BCUT2D eigenvalue weighted by Gasteiger charge is -2.20. The predicted molar refractivity (Wildman–Crippen MR) is 79.2 cm³/mol. The van der Waals surface area contributed by atoms with Gasteiger partial charge in [-0.15, -0.1) is 0 Å². The monoisotopic (exact) mass is 300 g/mol. The van der Waals surface area contributed by atoms with Crippen LogP contribution in [-0.4, -0.2) is 16.6 Å². The molecule has 1 heterocycles. The van der Waals surface area contributed by atoms with Crippen LogP contribution in [-0.2, 0) is 4.79 Å². The van der Waals surface area contributed by atoms with Gasteiger partial charge in [-0.2, -0.15) is 5.10 Å². The van der Waals surface area contributed by atoms with Crippen LogP contribution < -0.4 is 0 Å². The van der Waals surface area contributed by atoms with E-state index in [0.29, 0.717) is 12.1 Å². The molecule has 2 aromatic rings. The first-order valence-corrected chi connectivity index (χ1v) is 6.93. The minimum atomic E-state index is -0.323. The highest BCUT2D eigenvalue weighted by Gasteiger charge is 2.31. The zero-order chi connectivity index (χ0) is 15.7. The Bertz CT molecular complexity index is 723. The van der Waals surface area contributed by atoms with Crippen molar-refractivity contribution in [1.29, 1.82) is 0 Å². The second-order valence-electron chi connectivity index (χ2n) is 5.19. The standard InChI is InChI=1S/C17H14F2N2O/c1-11(22)21-17(13-4-8-15(19)9-5-13)10-16(20-21)12-2-6-14(18)7-3-12/h2-9,17H,10H2,1H3. The molecule has 1 unspecified atom stereocenters. The van der Waals surface area contributed by atoms with E-state index in [1.807, 2.05) is 0 Å². The summed E-state index contributed by atoms with van der Waals surface area (Å²) in [5.74, 6) is -0.830. The van der Waals surface area contributed by atoms with Crippen LogP contribution >= 0.6 is 0 Å². The molecule has 1 atom stereocenters. The number of benzene rings is 2. The van der Waals surface area contributed by atoms with Crippen molar-refractivity contribution in [2.24, 2.45) is 5.10 Å². The van der Waals surface area contributed by atoms with Gasteiger partial charge >= 0.3 is 0 Å². The third-order valence-electron chi connectivity index (χ3n) is 3.67. The van der Waals surface area contributed by atoms with E-state index in [9.17, 15) is 13.6 Å². The number of hydrogen-bond acceptors (Lipinski definition) is 2. The van der Waals surface area contributed by atoms with Crippen molar-refractivity contribution in [1.82, 2.24) is 5.01 Å². The van der Waals surface area contributed by atoms with Gasteiger partial charge in [-0.3, -0.25) is 4.79 Å². The number of hydrogen-bond donors (Lipinski definition) is 0. The predicted octanol–water partition coefficient (Wildman–Crippen LogP) is 3.66. The minimum absolute atomic E-state index is 0.188. The highest BCUT2D eigenvalue weighted by atomic mass is 19.1. The van der Waals surface area contributed by atoms with Gasteiger partial charge in [-0.1, -0.05) is 24.3 Å². The second-order valence-corrected chi connectivity index (χ2v) is 5.19. The van der Waals surface area contributed by atoms with Gasteiger partial charge in [0.2, 0.25) is 5.91 Å². The Kier molecular flexibility index (Phi) is 3.71. The number of nitrogens with zero attached hydrogens (tertiary/aromatic N) is 2. The molecule has 0 bridgehead atoms. The maximum atomic E-state index is 13.1. The molecule has 1 amide bonds. The quantitative estimate of drug-likeness (QED) is 0.833. The van der Waals surface area contributed by atoms with Crippen molar-refractivity contribution in [2.45, 2.75) is 19.4 Å². The van der Waals surface area contributed by atoms with Gasteiger partial charge in [-0.05, 0) is 35.4 Å². The van der Waals surface area contributed by atoms with Gasteiger partial charge < -0.3 is 0 Å². The summed E-state index contributed by atoms with van der Waals surface area (Å²) in [4.78, 5) is 11.8. The normalized spacial score (nSPS) is 17.5. The van der Waals surface area contributed by atoms with E-state index >= 15 is 0 Å². The van der Waals surface area contributed by atoms with Crippen LogP contribution in [0.2, 0.25) is 0 Å². The maximum absolute atomic E-state index is 13.1. The summed E-state index contributed by atoms with van der Waals surface area (Å²) in [6, 6.07) is 11.8. The first kappa shape index (κ1) is 14.4. The average molecular weight is 300 g/mol. The van der Waals surface area contributed by atoms with Gasteiger partial charge in [0.05, 0.1) is 11.8 Å². The molecule has 112 valence electrons.